The first-order valence-electron chi connectivity index (χ1n) is 20.2. The number of ether oxygens (including phenoxy) is 2. The van der Waals surface area contributed by atoms with Crippen LogP contribution >= 0.6 is 7.92 Å². The monoisotopic (exact) mass is 752 g/mol. The second kappa shape index (κ2) is 16.5. The molecule has 0 aliphatic carbocycles. The van der Waals surface area contributed by atoms with Crippen molar-refractivity contribution in [2.75, 3.05) is 20.4 Å². The predicted octanol–water partition coefficient (Wildman–Crippen LogP) is 14.1. The first kappa shape index (κ1) is 40.5. The van der Waals surface area contributed by atoms with Crippen molar-refractivity contribution >= 4 is 19.0 Å². The third kappa shape index (κ3) is 7.93. The lowest BCUT2D eigenvalue weighted by atomic mass is 9.79. The second-order valence-electron chi connectivity index (χ2n) is 17.2. The molecule has 0 N–H and O–H groups in total. The van der Waals surface area contributed by atoms with Crippen LogP contribution < -0.4 is 14.8 Å². The van der Waals surface area contributed by atoms with Crippen molar-refractivity contribution in [3.8, 4) is 56.0 Å². The van der Waals surface area contributed by atoms with E-state index in [-0.39, 0.29) is 28.8 Å². The van der Waals surface area contributed by atoms with Crippen molar-refractivity contribution in [3.05, 3.63) is 113 Å². The van der Waals surface area contributed by atoms with Crippen molar-refractivity contribution in [1.29, 1.82) is 0 Å². The Morgan fingerprint density at radius 1 is 0.545 bits per heavy atom. The lowest BCUT2D eigenvalue weighted by Crippen LogP contribution is -2.34. The van der Waals surface area contributed by atoms with E-state index in [9.17, 15) is 4.79 Å². The zero-order valence-corrected chi connectivity index (χ0v) is 36.2. The van der Waals surface area contributed by atoms with E-state index < -0.39 is 7.92 Å². The molecule has 1 heterocycles. The number of benzene rings is 5. The molecule has 0 spiro atoms. The molecule has 0 aromatic heterocycles. The molecule has 0 radical (unpaired) electrons. The first-order valence-corrected chi connectivity index (χ1v) is 21.8. The molecule has 6 rings (SSSR count). The summed E-state index contributed by atoms with van der Waals surface area (Å²) in [6, 6.07) is 33.5. The zero-order chi connectivity index (χ0) is 39.8. The standard InChI is InChI=1S/C51H61O3P/c1-31(2)42-26-35(38-18-13-15-22-46(38)53-11)27-43(32(3)4)48(42)40-20-17-21-41(50(40)55-25-24-37(52)30-51(55,9)10)49-44(33(5)6)28-36(29-45(49)34(7)8)39-19-14-16-23-47(39)54-12/h13-23,26-29,31-34H,24-25,30H2,1-12H3. The molecular formula is C51H61O3P. The van der Waals surface area contributed by atoms with Crippen molar-refractivity contribution in [2.24, 2.45) is 0 Å². The highest BCUT2D eigenvalue weighted by atomic mass is 31.1. The molecule has 55 heavy (non-hydrogen) atoms. The number of carbonyl (C=O) groups excluding carboxylic acids is 1. The van der Waals surface area contributed by atoms with E-state index >= 15 is 0 Å². The summed E-state index contributed by atoms with van der Waals surface area (Å²) >= 11 is 0. The summed E-state index contributed by atoms with van der Waals surface area (Å²) in [6.45, 7) is 23.4. The van der Waals surface area contributed by atoms with Crippen LogP contribution in [0.25, 0.3) is 44.5 Å². The Balaban J connectivity index is 1.75. The lowest BCUT2D eigenvalue weighted by molar-refractivity contribution is -0.119. The molecule has 3 nitrogen and oxygen atoms in total. The summed E-state index contributed by atoms with van der Waals surface area (Å²) in [5.41, 5.74) is 15.4. The van der Waals surface area contributed by atoms with Gasteiger partial charge >= 0.3 is 0 Å². The van der Waals surface area contributed by atoms with E-state index in [0.717, 1.165) is 28.8 Å². The molecule has 4 heteroatoms. The minimum absolute atomic E-state index is 0.143. The summed E-state index contributed by atoms with van der Waals surface area (Å²) in [5, 5.41) is 1.31. The van der Waals surface area contributed by atoms with Gasteiger partial charge in [0.1, 0.15) is 17.3 Å². The maximum Gasteiger partial charge on any atom is 0.134 e. The normalized spacial score (nSPS) is 15.7. The third-order valence-corrected chi connectivity index (χ3v) is 14.9. The van der Waals surface area contributed by atoms with Crippen LogP contribution in [0.1, 0.15) is 128 Å². The van der Waals surface area contributed by atoms with Crippen LogP contribution in [0.4, 0.5) is 0 Å². The van der Waals surface area contributed by atoms with E-state index in [1.807, 2.05) is 12.1 Å². The number of hydrogen-bond donors (Lipinski definition) is 0. The molecule has 5 aromatic carbocycles. The third-order valence-electron chi connectivity index (χ3n) is 11.5. The number of para-hydroxylation sites is 2. The van der Waals surface area contributed by atoms with Gasteiger partial charge in [0, 0.05) is 24.0 Å². The first-order chi connectivity index (χ1) is 26.2. The maximum atomic E-state index is 13.2. The van der Waals surface area contributed by atoms with E-state index in [1.165, 1.54) is 60.9 Å². The quantitative estimate of drug-likeness (QED) is 0.126. The lowest BCUT2D eigenvalue weighted by Gasteiger charge is -2.41. The Bertz CT molecular complexity index is 2000. The molecule has 1 atom stereocenters. The van der Waals surface area contributed by atoms with Gasteiger partial charge in [-0.15, -0.1) is 0 Å². The fourth-order valence-electron chi connectivity index (χ4n) is 8.75. The highest BCUT2D eigenvalue weighted by Gasteiger charge is 2.40. The zero-order valence-electron chi connectivity index (χ0n) is 35.3. The van der Waals surface area contributed by atoms with Gasteiger partial charge in [0.05, 0.1) is 14.2 Å². The average molecular weight is 753 g/mol. The second-order valence-corrected chi connectivity index (χ2v) is 20.2. The summed E-state index contributed by atoms with van der Waals surface area (Å²) in [4.78, 5) is 13.2. The minimum Gasteiger partial charge on any atom is -0.496 e. The largest absolute Gasteiger partial charge is 0.496 e. The molecule has 1 unspecified atom stereocenters. The van der Waals surface area contributed by atoms with Crippen LogP contribution in [-0.4, -0.2) is 31.3 Å². The summed E-state index contributed by atoms with van der Waals surface area (Å²) in [7, 11) is 2.79. The highest BCUT2D eigenvalue weighted by Crippen LogP contribution is 2.58. The Hall–Kier alpha value is -4.20. The molecule has 1 saturated heterocycles. The van der Waals surface area contributed by atoms with Gasteiger partial charge in [-0.3, -0.25) is 4.79 Å². The van der Waals surface area contributed by atoms with Crippen LogP contribution in [0, 0.1) is 0 Å². The van der Waals surface area contributed by atoms with E-state index in [2.05, 4.69) is 148 Å². The summed E-state index contributed by atoms with van der Waals surface area (Å²) in [5.74, 6) is 3.29. The Morgan fingerprint density at radius 3 is 1.25 bits per heavy atom. The van der Waals surface area contributed by atoms with Crippen molar-refractivity contribution in [3.63, 3.8) is 0 Å². The van der Waals surface area contributed by atoms with Gasteiger partial charge in [-0.25, -0.2) is 0 Å². The van der Waals surface area contributed by atoms with Crippen LogP contribution in [0.15, 0.2) is 91.0 Å². The van der Waals surface area contributed by atoms with Crippen molar-refractivity contribution in [2.45, 2.75) is 111 Å². The average Bonchev–Trinajstić information content (AvgIpc) is 3.16. The Labute approximate surface area is 332 Å². The summed E-state index contributed by atoms with van der Waals surface area (Å²) in [6.07, 6.45) is 2.17. The number of rotatable bonds is 11. The fraction of sp³-hybridized carbons (Fsp3) is 0.392. The highest BCUT2D eigenvalue weighted by molar-refractivity contribution is 7.68. The minimum atomic E-state index is -0.732. The number of methoxy groups -OCH3 is 2. The van der Waals surface area contributed by atoms with Gasteiger partial charge in [-0.05, 0) is 108 Å². The van der Waals surface area contributed by atoms with Gasteiger partial charge in [-0.2, -0.15) is 0 Å². The van der Waals surface area contributed by atoms with Crippen LogP contribution in [0.5, 0.6) is 11.5 Å². The fourth-order valence-corrected chi connectivity index (χ4v) is 12.0. The smallest absolute Gasteiger partial charge is 0.134 e. The number of carbonyl (C=O) groups is 1. The van der Waals surface area contributed by atoms with Gasteiger partial charge in [0.2, 0.25) is 0 Å². The Morgan fingerprint density at radius 2 is 0.909 bits per heavy atom. The molecular weight excluding hydrogens is 692 g/mol. The van der Waals surface area contributed by atoms with Gasteiger partial charge in [0.25, 0.3) is 0 Å². The van der Waals surface area contributed by atoms with Gasteiger partial charge < -0.3 is 9.47 Å². The summed E-state index contributed by atoms with van der Waals surface area (Å²) < 4.78 is 11.8. The van der Waals surface area contributed by atoms with Crippen LogP contribution in [0.3, 0.4) is 0 Å². The van der Waals surface area contributed by atoms with E-state index in [0.29, 0.717) is 18.6 Å². The maximum absolute atomic E-state index is 13.2. The molecule has 0 saturated carbocycles. The van der Waals surface area contributed by atoms with E-state index in [4.69, 9.17) is 9.47 Å². The van der Waals surface area contributed by atoms with Crippen molar-refractivity contribution < 1.29 is 14.3 Å². The molecule has 1 fully saturated rings. The van der Waals surface area contributed by atoms with Crippen LogP contribution in [-0.2, 0) is 4.79 Å². The number of ketones is 1. The van der Waals surface area contributed by atoms with Gasteiger partial charge in [0.15, 0.2) is 0 Å². The molecule has 1 aliphatic rings. The number of hydrogen-bond acceptors (Lipinski definition) is 3. The molecule has 1 aliphatic heterocycles. The SMILES string of the molecule is COc1ccccc1-c1cc(C(C)C)c(-c2cccc(-c3c(C(C)C)cc(-c4ccccc4OC)cc3C(C)C)c2P2CCC(=O)CC2(C)C)c(C(C)C)c1. The molecule has 0 bridgehead atoms. The molecule has 0 amide bonds. The predicted molar refractivity (Wildman–Crippen MR) is 237 cm³/mol. The Kier molecular flexibility index (Phi) is 12.1. The number of Topliss-reactive ketones (excluding diaryl/α,β-unsaturated/α-hetero) is 1. The molecule has 288 valence electrons. The van der Waals surface area contributed by atoms with Crippen LogP contribution in [0.2, 0.25) is 0 Å². The van der Waals surface area contributed by atoms with Crippen molar-refractivity contribution in [1.82, 2.24) is 0 Å². The van der Waals surface area contributed by atoms with Gasteiger partial charge in [-0.1, -0.05) is 156 Å². The van der Waals surface area contributed by atoms with E-state index in [1.54, 1.807) is 14.2 Å². The topological polar surface area (TPSA) is 35.5 Å². The molecule has 5 aromatic rings.